The number of carbonyl (C=O) groups excluding carboxylic acids is 3. The largest absolute Gasteiger partial charge is 0.497 e. The van der Waals surface area contributed by atoms with E-state index in [9.17, 15) is 14.7 Å². The van der Waals surface area contributed by atoms with Crippen LogP contribution in [0.5, 0.6) is 17.2 Å². The van der Waals surface area contributed by atoms with E-state index in [1.807, 2.05) is 84.9 Å². The normalized spacial score (nSPS) is 19.6. The fraction of sp³-hybridized carbons (Fsp3) is 0.312. The summed E-state index contributed by atoms with van der Waals surface area (Å²) in [6.45, 7) is 7.23. The van der Waals surface area contributed by atoms with Crippen molar-refractivity contribution in [3.05, 3.63) is 144 Å². The zero-order chi connectivity index (χ0) is 42.6. The van der Waals surface area contributed by atoms with Gasteiger partial charge in [-0.1, -0.05) is 79.8 Å². The summed E-state index contributed by atoms with van der Waals surface area (Å²) < 4.78 is 23.7. The summed E-state index contributed by atoms with van der Waals surface area (Å²) in [6.07, 6.45) is -0.586. The predicted molar refractivity (Wildman–Crippen MR) is 235 cm³/mol. The molecule has 2 aliphatic heterocycles. The number of benzene rings is 5. The Morgan fingerprint density at radius 1 is 0.817 bits per heavy atom. The van der Waals surface area contributed by atoms with Crippen LogP contribution in [0.1, 0.15) is 40.4 Å². The van der Waals surface area contributed by atoms with Gasteiger partial charge in [0, 0.05) is 35.8 Å². The molecule has 1 saturated heterocycles. The molecule has 0 aliphatic carbocycles. The molecule has 0 aromatic heterocycles. The Bertz CT molecular complexity index is 2300. The second kappa shape index (κ2) is 17.7. The second-order valence-corrected chi connectivity index (χ2v) is 20.7. The summed E-state index contributed by atoms with van der Waals surface area (Å²) in [5.74, 6) is 1.05. The number of rotatable bonds is 15. The average molecular weight is 828 g/mol. The number of ether oxygens (including phenoxy) is 4. The molecular weight excluding hydrogens is 775 g/mol. The highest BCUT2D eigenvalue weighted by Crippen LogP contribution is 2.60. The smallest absolute Gasteiger partial charge is 0.264 e. The van der Waals surface area contributed by atoms with Crippen LogP contribution >= 0.6 is 0 Å². The molecule has 1 fully saturated rings. The van der Waals surface area contributed by atoms with E-state index >= 15 is 4.79 Å². The molecule has 0 radical (unpaired) electrons. The van der Waals surface area contributed by atoms with E-state index in [1.165, 1.54) is 0 Å². The minimum Gasteiger partial charge on any atom is -0.497 e. The maximum atomic E-state index is 15.4. The van der Waals surface area contributed by atoms with E-state index in [2.05, 4.69) is 37.5 Å². The molecular formula is C48H53N3O8Si. The van der Waals surface area contributed by atoms with E-state index < -0.39 is 19.8 Å². The molecule has 0 unspecified atom stereocenters. The molecule has 2 N–H and O–H groups in total. The van der Waals surface area contributed by atoms with Crippen LogP contribution in [0.3, 0.4) is 0 Å². The quantitative estimate of drug-likeness (QED) is 0.107. The molecule has 0 saturated carbocycles. The van der Waals surface area contributed by atoms with Gasteiger partial charge in [0.25, 0.3) is 11.8 Å². The summed E-state index contributed by atoms with van der Waals surface area (Å²) in [5, 5.41) is 14.2. The number of carbonyl (C=O) groups is 3. The number of hydrogen-bond acceptors (Lipinski definition) is 8. The molecule has 7 rings (SSSR count). The van der Waals surface area contributed by atoms with Crippen LogP contribution in [-0.4, -0.2) is 76.4 Å². The Labute approximate surface area is 352 Å². The van der Waals surface area contributed by atoms with Crippen LogP contribution in [-0.2, 0) is 33.0 Å². The van der Waals surface area contributed by atoms with Gasteiger partial charge in [-0.15, -0.1) is 0 Å². The van der Waals surface area contributed by atoms with E-state index in [0.717, 1.165) is 22.1 Å². The van der Waals surface area contributed by atoms with E-state index in [1.54, 1.807) is 55.4 Å². The van der Waals surface area contributed by atoms with Crippen molar-refractivity contribution in [2.75, 3.05) is 44.7 Å². The van der Waals surface area contributed by atoms with Gasteiger partial charge in [0.05, 0.1) is 60.8 Å². The van der Waals surface area contributed by atoms with Gasteiger partial charge < -0.3 is 39.2 Å². The minimum absolute atomic E-state index is 0.0342. The van der Waals surface area contributed by atoms with Gasteiger partial charge in [0.15, 0.2) is 5.60 Å². The summed E-state index contributed by atoms with van der Waals surface area (Å²) in [7, 11) is 2.26. The molecule has 5 aromatic rings. The first-order chi connectivity index (χ1) is 28.9. The maximum Gasteiger partial charge on any atom is 0.264 e. The Kier molecular flexibility index (Phi) is 12.5. The highest BCUT2D eigenvalue weighted by atomic mass is 28.3. The van der Waals surface area contributed by atoms with Gasteiger partial charge in [-0.3, -0.25) is 14.4 Å². The Balaban J connectivity index is 1.22. The number of aliphatic hydroxyl groups excluding tert-OH is 1. The molecule has 2 heterocycles. The lowest BCUT2D eigenvalue weighted by Crippen LogP contribution is -2.52. The minimum atomic E-state index is -2.56. The summed E-state index contributed by atoms with van der Waals surface area (Å²) in [5.41, 5.74) is 2.75. The summed E-state index contributed by atoms with van der Waals surface area (Å²) in [6, 6.07) is 37.8. The van der Waals surface area contributed by atoms with Gasteiger partial charge in [0.1, 0.15) is 17.2 Å². The van der Waals surface area contributed by atoms with Crippen molar-refractivity contribution < 1.29 is 38.4 Å². The number of anilines is 2. The monoisotopic (exact) mass is 827 g/mol. The van der Waals surface area contributed by atoms with Gasteiger partial charge in [-0.25, -0.2) is 0 Å². The van der Waals surface area contributed by atoms with E-state index in [-0.39, 0.29) is 55.3 Å². The predicted octanol–water partition coefficient (Wildman–Crippen LogP) is 7.14. The molecule has 11 nitrogen and oxygen atoms in total. The van der Waals surface area contributed by atoms with Crippen LogP contribution < -0.4 is 29.6 Å². The van der Waals surface area contributed by atoms with E-state index in [4.69, 9.17) is 18.9 Å². The molecule has 4 atom stereocenters. The Morgan fingerprint density at radius 3 is 2.05 bits per heavy atom. The molecule has 3 amide bonds. The van der Waals surface area contributed by atoms with Crippen LogP contribution in [0.4, 0.5) is 11.4 Å². The van der Waals surface area contributed by atoms with Crippen molar-refractivity contribution >= 4 is 42.4 Å². The third kappa shape index (κ3) is 8.14. The van der Waals surface area contributed by atoms with Gasteiger partial charge >= 0.3 is 0 Å². The third-order valence-corrected chi connectivity index (χ3v) is 16.6. The Morgan fingerprint density at radius 2 is 1.43 bits per heavy atom. The van der Waals surface area contributed by atoms with Crippen molar-refractivity contribution in [1.82, 2.24) is 4.90 Å². The standard InChI is InChI=1S/C48H53N3O8Si/c1-32-45(60(5,6)40-23-20-38(57-3)21-24-40)43(29-44(53)50(26-27-52)30-33-10-8-7-9-11-33)59-48(32)41-28-39(58-4)22-25-42(41)51(47(48)55)31-34-12-16-36(17-13-34)49-46(54)35-14-18-37(56-2)19-15-35/h7-25,28,32,43,45,52H,26-27,29-31H2,1-6H3,(H,49,54)/t32-,43+,45-,48+/m1/s1. The summed E-state index contributed by atoms with van der Waals surface area (Å²) in [4.78, 5) is 46.2. The highest BCUT2D eigenvalue weighted by Gasteiger charge is 2.66. The van der Waals surface area contributed by atoms with Crippen LogP contribution in [0, 0.1) is 5.92 Å². The van der Waals surface area contributed by atoms with Crippen LogP contribution in [0.25, 0.3) is 0 Å². The van der Waals surface area contributed by atoms with Gasteiger partial charge in [0.2, 0.25) is 5.91 Å². The molecule has 60 heavy (non-hydrogen) atoms. The van der Waals surface area contributed by atoms with Crippen molar-refractivity contribution in [3.63, 3.8) is 0 Å². The fourth-order valence-corrected chi connectivity index (χ4v) is 13.1. The van der Waals surface area contributed by atoms with Crippen LogP contribution in [0.2, 0.25) is 18.6 Å². The average Bonchev–Trinajstić information content (AvgIpc) is 3.69. The molecule has 0 bridgehead atoms. The number of nitrogens with zero attached hydrogens (tertiary/aromatic N) is 2. The SMILES string of the molecule is COc1ccc(C(=O)Nc2ccc(CN3C(=O)[C@@]4(O[C@@H](CC(=O)N(CCO)Cc5ccccc5)[C@H]([Si](C)(C)c5ccc(OC)cc5)[C@H]4C)c4cc(OC)ccc43)cc2)cc1. The first kappa shape index (κ1) is 42.2. The first-order valence-corrected chi connectivity index (χ1v) is 23.3. The first-order valence-electron chi connectivity index (χ1n) is 20.2. The Hall–Kier alpha value is -5.95. The van der Waals surface area contributed by atoms with Crippen molar-refractivity contribution in [3.8, 4) is 17.2 Å². The lowest BCUT2D eigenvalue weighted by atomic mass is 9.82. The molecule has 1 spiro atoms. The van der Waals surface area contributed by atoms with Crippen molar-refractivity contribution in [1.29, 1.82) is 0 Å². The molecule has 312 valence electrons. The topological polar surface area (TPSA) is 127 Å². The number of hydrogen-bond donors (Lipinski definition) is 2. The third-order valence-electron chi connectivity index (χ3n) is 12.3. The number of fused-ring (bicyclic) bond motifs is 2. The van der Waals surface area contributed by atoms with Crippen LogP contribution in [0.15, 0.2) is 121 Å². The highest BCUT2D eigenvalue weighted by molar-refractivity contribution is 6.91. The lowest BCUT2D eigenvalue weighted by Gasteiger charge is -2.37. The van der Waals surface area contributed by atoms with Gasteiger partial charge in [-0.2, -0.15) is 0 Å². The lowest BCUT2D eigenvalue weighted by molar-refractivity contribution is -0.150. The van der Waals surface area contributed by atoms with Gasteiger partial charge in [-0.05, 0) is 83.4 Å². The zero-order valence-electron chi connectivity index (χ0n) is 35.0. The number of methoxy groups -OCH3 is 3. The van der Waals surface area contributed by atoms with E-state index in [0.29, 0.717) is 40.5 Å². The molecule has 2 aliphatic rings. The summed E-state index contributed by atoms with van der Waals surface area (Å²) >= 11 is 0. The maximum absolute atomic E-state index is 15.4. The second-order valence-electron chi connectivity index (χ2n) is 16.0. The number of amides is 3. The van der Waals surface area contributed by atoms with Crippen molar-refractivity contribution in [2.24, 2.45) is 5.92 Å². The molecule has 12 heteroatoms. The van der Waals surface area contributed by atoms with Crippen molar-refractivity contribution in [2.45, 2.75) is 56.8 Å². The number of aliphatic hydroxyl groups is 1. The number of nitrogens with one attached hydrogen (secondary N) is 1. The zero-order valence-corrected chi connectivity index (χ0v) is 36.0. The fourth-order valence-electron chi connectivity index (χ4n) is 9.12. The molecule has 5 aromatic carbocycles.